The predicted molar refractivity (Wildman–Crippen MR) is 104 cm³/mol. The molecule has 2 rings (SSSR count). The second-order valence-electron chi connectivity index (χ2n) is 6.25. The molecular formula is C18H22F3N3O3S2. The summed E-state index contributed by atoms with van der Waals surface area (Å²) < 4.78 is 65.9. The van der Waals surface area contributed by atoms with E-state index in [0.29, 0.717) is 24.0 Å². The van der Waals surface area contributed by atoms with Crippen molar-refractivity contribution in [1.29, 1.82) is 0 Å². The van der Waals surface area contributed by atoms with Crippen LogP contribution in [0.5, 0.6) is 0 Å². The molecule has 0 fully saturated rings. The van der Waals surface area contributed by atoms with Crippen LogP contribution in [0.15, 0.2) is 34.5 Å². The molecule has 0 aliphatic heterocycles. The number of benzene rings is 1. The van der Waals surface area contributed by atoms with Crippen LogP contribution in [0.2, 0.25) is 0 Å². The molecule has 0 unspecified atom stereocenters. The predicted octanol–water partition coefficient (Wildman–Crippen LogP) is 3.90. The van der Waals surface area contributed by atoms with Crippen molar-refractivity contribution < 1.29 is 26.4 Å². The normalized spacial score (nSPS) is 12.3. The van der Waals surface area contributed by atoms with E-state index >= 15 is 0 Å². The van der Waals surface area contributed by atoms with Crippen LogP contribution < -0.4 is 5.32 Å². The van der Waals surface area contributed by atoms with E-state index in [4.69, 9.17) is 0 Å². The highest BCUT2D eigenvalue weighted by Crippen LogP contribution is 2.31. The van der Waals surface area contributed by atoms with Gasteiger partial charge in [-0.05, 0) is 31.0 Å². The molecule has 11 heteroatoms. The first-order valence-corrected chi connectivity index (χ1v) is 11.3. The number of amides is 1. The fourth-order valence-electron chi connectivity index (χ4n) is 2.48. The average molecular weight is 450 g/mol. The van der Waals surface area contributed by atoms with Crippen molar-refractivity contribution in [2.24, 2.45) is 0 Å². The standard InChI is InChI=1S/C18H22F3N3O3S2/c1-3-8-22-17(25)15-12-28-16(23-15)11-24(9-4-2)29(26,27)14-7-5-6-13(10-14)18(19,20)21/h5-7,10,12H,3-4,8-9,11H2,1-2H3,(H,22,25). The van der Waals surface area contributed by atoms with Gasteiger partial charge in [-0.1, -0.05) is 19.9 Å². The maximum absolute atomic E-state index is 13.0. The van der Waals surface area contributed by atoms with E-state index in [0.717, 1.165) is 40.3 Å². The van der Waals surface area contributed by atoms with Gasteiger partial charge in [0, 0.05) is 18.5 Å². The highest BCUT2D eigenvalue weighted by atomic mass is 32.2. The van der Waals surface area contributed by atoms with E-state index in [1.807, 2.05) is 6.92 Å². The monoisotopic (exact) mass is 449 g/mol. The number of alkyl halides is 3. The van der Waals surface area contributed by atoms with E-state index in [1.54, 1.807) is 6.92 Å². The maximum atomic E-state index is 13.0. The molecule has 1 heterocycles. The van der Waals surface area contributed by atoms with Crippen LogP contribution in [0, 0.1) is 0 Å². The van der Waals surface area contributed by atoms with Gasteiger partial charge in [0.15, 0.2) is 0 Å². The van der Waals surface area contributed by atoms with Crippen molar-refractivity contribution in [3.05, 3.63) is 45.9 Å². The van der Waals surface area contributed by atoms with E-state index in [-0.39, 0.29) is 24.7 Å². The Kier molecular flexibility index (Phi) is 7.78. The van der Waals surface area contributed by atoms with Crippen molar-refractivity contribution in [3.63, 3.8) is 0 Å². The van der Waals surface area contributed by atoms with Crippen LogP contribution in [0.3, 0.4) is 0 Å². The molecule has 0 aliphatic rings. The van der Waals surface area contributed by atoms with Gasteiger partial charge in [-0.2, -0.15) is 17.5 Å². The molecule has 160 valence electrons. The van der Waals surface area contributed by atoms with Gasteiger partial charge in [0.25, 0.3) is 5.91 Å². The number of hydrogen-bond acceptors (Lipinski definition) is 5. The summed E-state index contributed by atoms with van der Waals surface area (Å²) in [5.41, 5.74) is -0.842. The molecule has 2 aromatic rings. The van der Waals surface area contributed by atoms with Crippen molar-refractivity contribution in [3.8, 4) is 0 Å². The second-order valence-corrected chi connectivity index (χ2v) is 9.13. The number of halogens is 3. The van der Waals surface area contributed by atoms with Crippen LogP contribution in [0.25, 0.3) is 0 Å². The molecule has 1 amide bonds. The van der Waals surface area contributed by atoms with Crippen LogP contribution in [-0.4, -0.2) is 36.7 Å². The molecule has 1 aromatic heterocycles. The van der Waals surface area contributed by atoms with Gasteiger partial charge >= 0.3 is 6.18 Å². The van der Waals surface area contributed by atoms with Crippen LogP contribution in [0.1, 0.15) is 47.7 Å². The van der Waals surface area contributed by atoms with Crippen LogP contribution in [-0.2, 0) is 22.7 Å². The molecule has 29 heavy (non-hydrogen) atoms. The van der Waals surface area contributed by atoms with Crippen molar-refractivity contribution in [2.45, 2.75) is 44.3 Å². The Morgan fingerprint density at radius 3 is 2.59 bits per heavy atom. The number of sulfonamides is 1. The molecule has 6 nitrogen and oxygen atoms in total. The molecule has 1 N–H and O–H groups in total. The summed E-state index contributed by atoms with van der Waals surface area (Å²) in [5, 5.41) is 4.60. The molecule has 0 saturated heterocycles. The summed E-state index contributed by atoms with van der Waals surface area (Å²) in [6.07, 6.45) is -3.41. The van der Waals surface area contributed by atoms with Gasteiger partial charge in [-0.3, -0.25) is 4.79 Å². The summed E-state index contributed by atoms with van der Waals surface area (Å²) in [4.78, 5) is 15.7. The molecule has 1 aromatic carbocycles. The van der Waals surface area contributed by atoms with Crippen molar-refractivity contribution >= 4 is 27.3 Å². The lowest BCUT2D eigenvalue weighted by Crippen LogP contribution is -2.31. The van der Waals surface area contributed by atoms with E-state index in [1.165, 1.54) is 5.38 Å². The smallest absolute Gasteiger partial charge is 0.351 e. The lowest BCUT2D eigenvalue weighted by molar-refractivity contribution is -0.137. The van der Waals surface area contributed by atoms with Gasteiger partial charge in [-0.25, -0.2) is 13.4 Å². The van der Waals surface area contributed by atoms with Crippen LogP contribution in [0.4, 0.5) is 13.2 Å². The summed E-state index contributed by atoms with van der Waals surface area (Å²) in [5.74, 6) is -0.350. The number of hydrogen-bond donors (Lipinski definition) is 1. The van der Waals surface area contributed by atoms with Crippen molar-refractivity contribution in [1.82, 2.24) is 14.6 Å². The Hall–Kier alpha value is -1.98. The fraction of sp³-hybridized carbons (Fsp3) is 0.444. The Balaban J connectivity index is 2.27. The molecule has 0 saturated carbocycles. The zero-order chi connectivity index (χ0) is 21.7. The molecule has 0 spiro atoms. The van der Waals surface area contributed by atoms with Gasteiger partial charge in [0.05, 0.1) is 17.0 Å². The Bertz CT molecular complexity index is 943. The molecule has 0 atom stereocenters. The zero-order valence-corrected chi connectivity index (χ0v) is 17.6. The van der Waals surface area contributed by atoms with Gasteiger partial charge in [0.1, 0.15) is 10.7 Å². The highest BCUT2D eigenvalue weighted by Gasteiger charge is 2.33. The molecular weight excluding hydrogens is 427 g/mol. The number of nitrogens with one attached hydrogen (secondary N) is 1. The summed E-state index contributed by atoms with van der Waals surface area (Å²) >= 11 is 1.13. The van der Waals surface area contributed by atoms with Crippen molar-refractivity contribution in [2.75, 3.05) is 13.1 Å². The van der Waals surface area contributed by atoms with E-state index < -0.39 is 26.7 Å². The molecule has 0 aliphatic carbocycles. The van der Waals surface area contributed by atoms with Gasteiger partial charge in [0.2, 0.25) is 10.0 Å². The topological polar surface area (TPSA) is 79.4 Å². The zero-order valence-electron chi connectivity index (χ0n) is 16.0. The number of thiazole rings is 1. The summed E-state index contributed by atoms with van der Waals surface area (Å²) in [6, 6.07) is 3.66. The number of carbonyl (C=O) groups excluding carboxylic acids is 1. The third-order valence-corrected chi connectivity index (χ3v) is 6.58. The number of rotatable bonds is 9. The van der Waals surface area contributed by atoms with E-state index in [9.17, 15) is 26.4 Å². The fourth-order valence-corrected chi connectivity index (χ4v) is 4.89. The SMILES string of the molecule is CCCNC(=O)c1csc(CN(CCC)S(=O)(=O)c2cccc(C(F)(F)F)c2)n1. The third-order valence-electron chi connectivity index (χ3n) is 3.90. The van der Waals surface area contributed by atoms with Crippen LogP contribution >= 0.6 is 11.3 Å². The van der Waals surface area contributed by atoms with E-state index in [2.05, 4.69) is 10.3 Å². The number of aromatic nitrogens is 1. The Morgan fingerprint density at radius 2 is 1.97 bits per heavy atom. The lowest BCUT2D eigenvalue weighted by atomic mass is 10.2. The maximum Gasteiger partial charge on any atom is 0.416 e. The average Bonchev–Trinajstić information content (AvgIpc) is 3.14. The first-order chi connectivity index (χ1) is 13.6. The Labute approximate surface area is 171 Å². The molecule has 0 bridgehead atoms. The van der Waals surface area contributed by atoms with Gasteiger partial charge < -0.3 is 5.32 Å². The minimum Gasteiger partial charge on any atom is -0.351 e. The highest BCUT2D eigenvalue weighted by molar-refractivity contribution is 7.89. The minimum atomic E-state index is -4.64. The quantitative estimate of drug-likeness (QED) is 0.630. The number of nitrogens with zero attached hydrogens (tertiary/aromatic N) is 2. The first kappa shape index (κ1) is 23.3. The minimum absolute atomic E-state index is 0.107. The third kappa shape index (κ3) is 6.00. The largest absolute Gasteiger partial charge is 0.416 e. The number of carbonyl (C=O) groups is 1. The molecule has 0 radical (unpaired) electrons. The second kappa shape index (κ2) is 9.68. The van der Waals surface area contributed by atoms with Gasteiger partial charge in [-0.15, -0.1) is 11.3 Å². The lowest BCUT2D eigenvalue weighted by Gasteiger charge is -2.21. The Morgan fingerprint density at radius 1 is 1.24 bits per heavy atom. The summed E-state index contributed by atoms with van der Waals surface area (Å²) in [7, 11) is -4.17. The first-order valence-electron chi connectivity index (χ1n) is 8.99. The summed E-state index contributed by atoms with van der Waals surface area (Å²) in [6.45, 7) is 4.15.